The molecule has 0 bridgehead atoms. The molecule has 5 amide bonds. The lowest BCUT2D eigenvalue weighted by Gasteiger charge is -2.38. The number of carbonyl (C=O) groups is 5. The molecule has 0 spiro atoms. The maximum Gasteiger partial charge on any atom is 0.282 e. The number of nitrogens with one attached hydrogen (secondary N) is 6. The third-order valence-corrected chi connectivity index (χ3v) is 23.4. The molecule has 15 N–H and O–H groups in total. The minimum absolute atomic E-state index is 0.0380. The number of pyridine rings is 4. The lowest BCUT2D eigenvalue weighted by Crippen LogP contribution is -2.58. The van der Waals surface area contributed by atoms with Crippen molar-refractivity contribution in [2.45, 2.75) is 38.4 Å². The molecule has 1 aliphatic rings. The van der Waals surface area contributed by atoms with Crippen molar-refractivity contribution in [3.8, 4) is 69.0 Å². The van der Waals surface area contributed by atoms with Gasteiger partial charge in [-0.15, -0.1) is 0 Å². The number of methoxy groups -OCH3 is 4. The number of benzene rings is 10. The number of alkyl halides is 2. The van der Waals surface area contributed by atoms with E-state index < -0.39 is 81.3 Å². The summed E-state index contributed by atoms with van der Waals surface area (Å²) < 4.78 is 70.8. The molecule has 18 rings (SSSR count). The van der Waals surface area contributed by atoms with Gasteiger partial charge in [0, 0.05) is 113 Å². The molecule has 5 heterocycles. The van der Waals surface area contributed by atoms with E-state index in [4.69, 9.17) is 107 Å². The summed E-state index contributed by atoms with van der Waals surface area (Å²) in [5.41, 5.74) is 25.6. The third-order valence-electron chi connectivity index (χ3n) is 22.2. The first kappa shape index (κ1) is 100. The number of anilines is 9. The maximum atomic E-state index is 12.9. The monoisotopic (exact) mass is 2010 g/mol. The second-order valence-corrected chi connectivity index (χ2v) is 33.5. The van der Waals surface area contributed by atoms with Crippen LogP contribution < -0.4 is 125 Å². The highest BCUT2D eigenvalue weighted by molar-refractivity contribution is 6.34. The average molecular weight is 2020 g/mol. The van der Waals surface area contributed by atoms with Crippen molar-refractivity contribution in [2.75, 3.05) is 80.0 Å². The second kappa shape index (κ2) is 43.3. The lowest BCUT2D eigenvalue weighted by atomic mass is 10.1. The number of hydrogen-bond donors (Lipinski definition) is 11. The van der Waals surface area contributed by atoms with E-state index in [0.717, 1.165) is 16.0 Å². The van der Waals surface area contributed by atoms with Crippen molar-refractivity contribution < 1.29 is 75.8 Å². The predicted molar refractivity (Wildman–Crippen MR) is 540 cm³/mol. The molecule has 13 aromatic carbocycles. The van der Waals surface area contributed by atoms with Gasteiger partial charge in [-0.2, -0.15) is 0 Å². The molecular weight excluding hydrogens is 1940 g/mol. The van der Waals surface area contributed by atoms with E-state index >= 15 is 0 Å². The Labute approximate surface area is 828 Å². The number of halogens is 6. The summed E-state index contributed by atoms with van der Waals surface area (Å²) in [6.45, 7) is 1.14. The van der Waals surface area contributed by atoms with Crippen LogP contribution in [0.2, 0.25) is 20.1 Å². The van der Waals surface area contributed by atoms with Gasteiger partial charge in [-0.05, 0) is 133 Å². The Bertz CT molecular complexity index is 8080. The number of amides is 5. The number of nitrogens with zero attached hydrogens (tertiary/aromatic N) is 5. The highest BCUT2D eigenvalue weighted by Gasteiger charge is 2.46. The number of rotatable bonds is 33. The van der Waals surface area contributed by atoms with Crippen molar-refractivity contribution in [1.82, 2.24) is 24.8 Å². The third kappa shape index (κ3) is 22.6. The molecule has 35 nitrogen and oxygen atoms in total. The van der Waals surface area contributed by atoms with E-state index in [2.05, 4.69) is 51.8 Å². The molecule has 0 saturated carbocycles. The Balaban J connectivity index is 0.000000144. The molecule has 1 atom stereocenters. The van der Waals surface area contributed by atoms with Crippen LogP contribution in [0.25, 0.3) is 43.6 Å². The first-order valence-electron chi connectivity index (χ1n) is 42.9. The summed E-state index contributed by atoms with van der Waals surface area (Å²) in [7, 11) is 5.75. The summed E-state index contributed by atoms with van der Waals surface area (Å²) in [6.07, 6.45) is 6.27. The molecule has 0 aliphatic carbocycles. The first-order chi connectivity index (χ1) is 68.6. The van der Waals surface area contributed by atoms with Gasteiger partial charge in [0.05, 0.1) is 131 Å². The Hall–Kier alpha value is -17.4. The lowest BCUT2D eigenvalue weighted by molar-refractivity contribution is -0.165. The summed E-state index contributed by atoms with van der Waals surface area (Å²) in [5, 5.41) is 30.3. The van der Waals surface area contributed by atoms with Crippen molar-refractivity contribution in [2.24, 2.45) is 22.9 Å². The largest absolute Gasteiger partial charge is 0.496 e. The van der Waals surface area contributed by atoms with Crippen molar-refractivity contribution in [3.63, 3.8) is 0 Å². The fourth-order valence-electron chi connectivity index (χ4n) is 14.8. The quantitative estimate of drug-likeness (QED) is 0.0170. The average Bonchev–Trinajstić information content (AvgIpc) is 0.772. The number of aliphatic hydroxyl groups excluding tert-OH is 1. The van der Waals surface area contributed by atoms with Crippen LogP contribution in [0.4, 0.5) is 60.0 Å². The van der Waals surface area contributed by atoms with E-state index in [0.29, 0.717) is 153 Å². The van der Waals surface area contributed by atoms with E-state index in [-0.39, 0.29) is 90.4 Å². The Kier molecular flexibility index (Phi) is 30.3. The smallest absolute Gasteiger partial charge is 0.282 e. The van der Waals surface area contributed by atoms with Crippen LogP contribution >= 0.6 is 46.4 Å². The molecule has 143 heavy (non-hydrogen) atoms. The molecule has 1 aliphatic heterocycles. The number of ether oxygens (including phenoxy) is 8. The van der Waals surface area contributed by atoms with E-state index in [1.54, 1.807) is 189 Å². The first-order valence-corrected chi connectivity index (χ1v) is 44.5. The van der Waals surface area contributed by atoms with Crippen LogP contribution in [0.5, 0.6) is 69.0 Å². The number of fused-ring (bicyclic) bond motifs is 4. The van der Waals surface area contributed by atoms with E-state index in [1.807, 2.05) is 42.5 Å². The highest BCUT2D eigenvalue weighted by atomic mass is 35.5. The predicted octanol–water partition coefficient (Wildman–Crippen LogP) is 16.2. The molecule has 726 valence electrons. The Morgan fingerprint density at radius 2 is 0.685 bits per heavy atom. The Morgan fingerprint density at radius 3 is 1.00 bits per heavy atom. The van der Waals surface area contributed by atoms with Gasteiger partial charge in [0.2, 0.25) is 5.91 Å². The molecule has 0 radical (unpaired) electrons. The number of aliphatic hydroxyl groups is 1. The summed E-state index contributed by atoms with van der Waals surface area (Å²) in [4.78, 5) is 150. The minimum Gasteiger partial charge on any atom is -0.496 e. The standard InChI is InChI=1S/C28H20Cl2N4O5.C28H21ClN4O5.C24H21ClN4O6.C22H19F2N3O4/c1-38-23-12-21-17(11-18(23)28(31)37)22(8-9-32-21)39-16-6-7-20(19(30)10-16)34-25-24(26(35)27(25)36)33-13-14-2-4-15(29)5-3-14;1-37-23-13-21-17(12-18(23)28(30)36)22(9-10-31-21)38-16-7-8-20(19(29)11-16)33-25-24(26(34)27(25)35)32-14-15-5-3-2-4-6-15;1-11(10-30)28-20-21(23(32)22(20)31)29-16-4-3-12(7-15(16)25)35-18-5-6-27-17-9-19(34-2)14(24(26)33)8-13(17)18;1-30-19-10-17-15(9-16(19)21(25)29)18(6-7-26-17)31-14-4-2-13(3-5-14)8-20(28)27-11-22(23,24)12-27/h2-12,33-34H,13H2,1H3,(H2,31,37);2-13,32-33H,14H2,1H3,(H2,30,36);3-9,11,28-30H,10H2,1-2H3,(H2,26,33);2-7,9-10H,8,11-12H2,1H3,(H2,25,29). The van der Waals surface area contributed by atoms with Gasteiger partial charge in [0.1, 0.15) is 103 Å². The molecule has 1 fully saturated rings. The number of nitrogens with two attached hydrogens (primary N) is 4. The second-order valence-electron chi connectivity index (χ2n) is 31.9. The zero-order valence-electron chi connectivity index (χ0n) is 75.8. The van der Waals surface area contributed by atoms with Crippen molar-refractivity contribution in [1.29, 1.82) is 0 Å². The van der Waals surface area contributed by atoms with Crippen LogP contribution in [0, 0.1) is 0 Å². The van der Waals surface area contributed by atoms with Crippen LogP contribution in [-0.2, 0) is 24.3 Å². The minimum atomic E-state index is -2.78. The van der Waals surface area contributed by atoms with Gasteiger partial charge >= 0.3 is 0 Å². The molecule has 1 saturated heterocycles. The van der Waals surface area contributed by atoms with Crippen molar-refractivity contribution >= 4 is 171 Å². The van der Waals surface area contributed by atoms with E-state index in [1.165, 1.54) is 34.5 Å². The summed E-state index contributed by atoms with van der Waals surface area (Å²) >= 11 is 25.3. The van der Waals surface area contributed by atoms with Crippen LogP contribution in [0.1, 0.15) is 65.0 Å². The topological polar surface area (TPSA) is 513 Å². The maximum absolute atomic E-state index is 12.9. The van der Waals surface area contributed by atoms with Gasteiger partial charge in [-0.1, -0.05) is 101 Å². The van der Waals surface area contributed by atoms with Crippen LogP contribution in [-0.4, -0.2) is 120 Å². The molecule has 1 unspecified atom stereocenters. The summed E-state index contributed by atoms with van der Waals surface area (Å²) in [5.74, 6) is -1.11. The van der Waals surface area contributed by atoms with Crippen LogP contribution in [0.3, 0.4) is 0 Å². The van der Waals surface area contributed by atoms with Crippen LogP contribution in [0.15, 0.2) is 260 Å². The highest BCUT2D eigenvalue weighted by Crippen LogP contribution is 2.43. The van der Waals surface area contributed by atoms with Gasteiger partial charge in [0.15, 0.2) is 0 Å². The fourth-order valence-corrected chi connectivity index (χ4v) is 15.6. The van der Waals surface area contributed by atoms with Gasteiger partial charge in [0.25, 0.3) is 62.1 Å². The SMILES string of the molecule is COc1cc2nccc(Oc3ccc(CC(=O)N4CC(F)(F)C4)cc3)c2cc1C(N)=O.COc1cc2nccc(Oc3ccc(Nc4c(NC(C)CO)c(=O)c4=O)c(Cl)c3)c2cc1C(N)=O.COc1cc2nccc(Oc3ccc(Nc4c(NCc5ccc(Cl)cc5)c(=O)c4=O)c(Cl)c3)c2cc1C(N)=O.COc1cc2nccc(Oc3ccc(Nc4c(NCc5ccccc5)c(=O)c4=O)c(Cl)c3)c2cc1C(N)=O. The van der Waals surface area contributed by atoms with E-state index in [9.17, 15) is 66.6 Å². The number of carbonyl (C=O) groups excluding carboxylic acids is 5. The number of aromatic nitrogens is 4. The zero-order valence-corrected chi connectivity index (χ0v) is 78.8. The number of likely N-dealkylation sites (tertiary alicyclic amines) is 1. The normalized spacial score (nSPS) is 12.0. The Morgan fingerprint density at radius 1 is 0.385 bits per heavy atom. The molecular formula is C102H81Cl4F2N15O20. The molecule has 4 aromatic heterocycles. The fraction of sp³-hybridized carbons (Fsp3) is 0.127. The zero-order chi connectivity index (χ0) is 102. The van der Waals surface area contributed by atoms with Crippen molar-refractivity contribution in [3.05, 3.63) is 351 Å². The number of hydrogen-bond acceptors (Lipinski definition) is 30. The van der Waals surface area contributed by atoms with Gasteiger partial charge in [-0.25, -0.2) is 8.78 Å². The van der Waals surface area contributed by atoms with Gasteiger partial charge < -0.3 is 103 Å². The number of primary amides is 4. The van der Waals surface area contributed by atoms with Gasteiger partial charge in [-0.3, -0.25) is 72.7 Å². The summed E-state index contributed by atoms with van der Waals surface area (Å²) in [6, 6.07) is 56.6. The molecule has 17 aromatic rings. The molecule has 41 heteroatoms.